The minimum Gasteiger partial charge on any atom is -0.478 e. The van der Waals surface area contributed by atoms with Crippen LogP contribution < -0.4 is 10.1 Å². The maximum Gasteiger partial charge on any atom is 0.218 e. The zero-order chi connectivity index (χ0) is 18.6. The highest BCUT2D eigenvalue weighted by Gasteiger charge is 2.38. The van der Waals surface area contributed by atoms with Crippen LogP contribution in [0.2, 0.25) is 0 Å². The van der Waals surface area contributed by atoms with E-state index in [9.17, 15) is 0 Å². The SMILES string of the molecule is Cc1nc(NCc2nnc(C)s2)cc(OCC[C@H]2C[C@@H]2c2ccccn2)n1. The molecule has 4 rings (SSSR count). The van der Waals surface area contributed by atoms with E-state index in [0.29, 0.717) is 36.7 Å². The number of nitrogens with zero attached hydrogens (tertiary/aromatic N) is 5. The minimum atomic E-state index is 0.578. The summed E-state index contributed by atoms with van der Waals surface area (Å²) in [7, 11) is 0. The van der Waals surface area contributed by atoms with Crippen LogP contribution in [0.5, 0.6) is 5.88 Å². The molecule has 1 fully saturated rings. The molecule has 1 N–H and O–H groups in total. The highest BCUT2D eigenvalue weighted by molar-refractivity contribution is 7.11. The highest BCUT2D eigenvalue weighted by Crippen LogP contribution is 2.48. The number of rotatable bonds is 8. The van der Waals surface area contributed by atoms with Crippen molar-refractivity contribution in [2.45, 2.75) is 39.2 Å². The molecular weight excluding hydrogens is 360 g/mol. The van der Waals surface area contributed by atoms with E-state index in [4.69, 9.17) is 4.74 Å². The quantitative estimate of drug-likeness (QED) is 0.638. The van der Waals surface area contributed by atoms with Gasteiger partial charge in [0.25, 0.3) is 0 Å². The fraction of sp³-hybridized carbons (Fsp3) is 0.421. The van der Waals surface area contributed by atoms with E-state index in [2.05, 4.69) is 42.6 Å². The summed E-state index contributed by atoms with van der Waals surface area (Å²) in [6.07, 6.45) is 4.07. The second-order valence-electron chi connectivity index (χ2n) is 6.70. The number of hydrogen-bond donors (Lipinski definition) is 1. The zero-order valence-corrected chi connectivity index (χ0v) is 16.2. The van der Waals surface area contributed by atoms with Crippen LogP contribution in [0.3, 0.4) is 0 Å². The van der Waals surface area contributed by atoms with Crippen LogP contribution in [-0.4, -0.2) is 31.8 Å². The van der Waals surface area contributed by atoms with Crippen molar-refractivity contribution in [2.75, 3.05) is 11.9 Å². The lowest BCUT2D eigenvalue weighted by Crippen LogP contribution is -2.06. The smallest absolute Gasteiger partial charge is 0.218 e. The van der Waals surface area contributed by atoms with Gasteiger partial charge in [-0.05, 0) is 44.7 Å². The predicted molar refractivity (Wildman–Crippen MR) is 104 cm³/mol. The molecule has 1 aliphatic rings. The van der Waals surface area contributed by atoms with Crippen LogP contribution in [-0.2, 0) is 6.54 Å². The summed E-state index contributed by atoms with van der Waals surface area (Å²) in [6.45, 7) is 5.06. The number of ether oxygens (including phenoxy) is 1. The van der Waals surface area contributed by atoms with Gasteiger partial charge in [0.2, 0.25) is 5.88 Å². The maximum atomic E-state index is 5.88. The third-order valence-electron chi connectivity index (χ3n) is 4.53. The molecule has 0 aromatic carbocycles. The first kappa shape index (κ1) is 17.8. The van der Waals surface area contributed by atoms with E-state index in [1.165, 1.54) is 12.1 Å². The molecule has 3 aromatic rings. The fourth-order valence-electron chi connectivity index (χ4n) is 3.12. The van der Waals surface area contributed by atoms with E-state index in [1.54, 1.807) is 11.3 Å². The summed E-state index contributed by atoms with van der Waals surface area (Å²) in [6, 6.07) is 7.95. The number of hydrogen-bond acceptors (Lipinski definition) is 8. The largest absolute Gasteiger partial charge is 0.478 e. The van der Waals surface area contributed by atoms with Gasteiger partial charge in [0, 0.05) is 23.9 Å². The minimum absolute atomic E-state index is 0.578. The van der Waals surface area contributed by atoms with Crippen LogP contribution in [0.1, 0.15) is 40.3 Å². The number of nitrogens with one attached hydrogen (secondary N) is 1. The van der Waals surface area contributed by atoms with E-state index in [0.717, 1.165) is 22.3 Å². The van der Waals surface area contributed by atoms with Gasteiger partial charge in [-0.25, -0.2) is 4.98 Å². The Morgan fingerprint density at radius 1 is 1.22 bits per heavy atom. The molecule has 0 bridgehead atoms. The topological polar surface area (TPSA) is 85.7 Å². The summed E-state index contributed by atoms with van der Waals surface area (Å²) in [5, 5.41) is 13.3. The molecule has 0 saturated heterocycles. The highest BCUT2D eigenvalue weighted by atomic mass is 32.1. The molecule has 0 spiro atoms. The summed E-state index contributed by atoms with van der Waals surface area (Å²) in [5.74, 6) is 3.26. The van der Waals surface area contributed by atoms with Gasteiger partial charge in [0.15, 0.2) is 0 Å². The molecule has 3 aromatic heterocycles. The lowest BCUT2D eigenvalue weighted by atomic mass is 10.2. The van der Waals surface area contributed by atoms with Crippen LogP contribution >= 0.6 is 11.3 Å². The van der Waals surface area contributed by atoms with Crippen LogP contribution in [0.25, 0.3) is 0 Å². The molecule has 0 amide bonds. The Bertz CT molecular complexity index is 900. The van der Waals surface area contributed by atoms with Gasteiger partial charge in [-0.1, -0.05) is 17.4 Å². The molecule has 1 saturated carbocycles. The Labute approximate surface area is 162 Å². The molecule has 3 heterocycles. The Hall–Kier alpha value is -2.61. The Kier molecular flexibility index (Phi) is 5.24. The fourth-order valence-corrected chi connectivity index (χ4v) is 3.77. The molecule has 1 aliphatic carbocycles. The van der Waals surface area contributed by atoms with Crippen LogP contribution in [0.15, 0.2) is 30.5 Å². The first-order chi connectivity index (χ1) is 13.2. The molecule has 2 atom stereocenters. The van der Waals surface area contributed by atoms with Crippen molar-refractivity contribution in [1.82, 2.24) is 25.1 Å². The lowest BCUT2D eigenvalue weighted by molar-refractivity contribution is 0.289. The first-order valence-corrected chi connectivity index (χ1v) is 9.91. The van der Waals surface area contributed by atoms with Crippen LogP contribution in [0, 0.1) is 19.8 Å². The van der Waals surface area contributed by atoms with E-state index < -0.39 is 0 Å². The third kappa shape index (κ3) is 4.77. The van der Waals surface area contributed by atoms with E-state index in [1.807, 2.05) is 32.2 Å². The molecule has 27 heavy (non-hydrogen) atoms. The molecule has 7 nitrogen and oxygen atoms in total. The van der Waals surface area contributed by atoms with Crippen molar-refractivity contribution in [3.8, 4) is 5.88 Å². The monoisotopic (exact) mass is 382 g/mol. The summed E-state index contributed by atoms with van der Waals surface area (Å²) in [5.41, 5.74) is 1.19. The molecule has 0 radical (unpaired) electrons. The van der Waals surface area contributed by atoms with Crippen molar-refractivity contribution in [3.63, 3.8) is 0 Å². The maximum absolute atomic E-state index is 5.88. The Balaban J connectivity index is 1.27. The van der Waals surface area contributed by atoms with Gasteiger partial charge in [-0.3, -0.25) is 4.98 Å². The average Bonchev–Trinajstić information content (AvgIpc) is 3.32. The molecule has 0 unspecified atom stereocenters. The third-order valence-corrected chi connectivity index (χ3v) is 5.37. The summed E-state index contributed by atoms with van der Waals surface area (Å²) in [4.78, 5) is 13.2. The molecule has 8 heteroatoms. The van der Waals surface area contributed by atoms with Crippen molar-refractivity contribution < 1.29 is 4.74 Å². The molecular formula is C19H22N6OS. The zero-order valence-electron chi connectivity index (χ0n) is 15.4. The molecule has 0 aliphatic heterocycles. The second-order valence-corrected chi connectivity index (χ2v) is 7.97. The van der Waals surface area contributed by atoms with Crippen molar-refractivity contribution in [3.05, 3.63) is 52.0 Å². The lowest BCUT2D eigenvalue weighted by Gasteiger charge is -2.09. The van der Waals surface area contributed by atoms with Gasteiger partial charge in [0.05, 0.1) is 13.2 Å². The predicted octanol–water partition coefficient (Wildman–Crippen LogP) is 3.52. The standard InChI is InChI=1S/C19H22N6OS/c1-12-22-17(21-11-19-25-24-13(2)27-19)10-18(23-12)26-8-6-14-9-15(14)16-5-3-4-7-20-16/h3-5,7,10,14-15H,6,8-9,11H2,1-2H3,(H,21,22,23)/t14-,15-/m0/s1. The second kappa shape index (κ2) is 7.96. The summed E-state index contributed by atoms with van der Waals surface area (Å²) >= 11 is 1.57. The Morgan fingerprint density at radius 2 is 2.15 bits per heavy atom. The van der Waals surface area contributed by atoms with Crippen molar-refractivity contribution in [2.24, 2.45) is 5.92 Å². The number of pyridine rings is 1. The average molecular weight is 382 g/mol. The van der Waals surface area contributed by atoms with Crippen LogP contribution in [0.4, 0.5) is 5.82 Å². The van der Waals surface area contributed by atoms with Gasteiger partial charge in [0.1, 0.15) is 21.7 Å². The van der Waals surface area contributed by atoms with Crippen molar-refractivity contribution in [1.29, 1.82) is 0 Å². The van der Waals surface area contributed by atoms with E-state index in [-0.39, 0.29) is 0 Å². The normalized spacial score (nSPS) is 18.3. The van der Waals surface area contributed by atoms with Gasteiger partial charge < -0.3 is 10.1 Å². The van der Waals surface area contributed by atoms with Gasteiger partial charge in [-0.15, -0.1) is 10.2 Å². The summed E-state index contributed by atoms with van der Waals surface area (Å²) < 4.78 is 5.88. The molecule has 140 valence electrons. The number of anilines is 1. The van der Waals surface area contributed by atoms with Gasteiger partial charge in [-0.2, -0.15) is 4.98 Å². The van der Waals surface area contributed by atoms with E-state index >= 15 is 0 Å². The first-order valence-electron chi connectivity index (χ1n) is 9.09. The number of aryl methyl sites for hydroxylation is 2. The number of aromatic nitrogens is 5. The van der Waals surface area contributed by atoms with Gasteiger partial charge >= 0.3 is 0 Å². The van der Waals surface area contributed by atoms with Crippen molar-refractivity contribution >= 4 is 17.2 Å². The Morgan fingerprint density at radius 3 is 2.93 bits per heavy atom.